The van der Waals surface area contributed by atoms with Gasteiger partial charge in [0.2, 0.25) is 0 Å². The molecule has 0 fully saturated rings. The molecule has 0 bridgehead atoms. The minimum absolute atomic E-state index is 0.595. The van der Waals surface area contributed by atoms with Gasteiger partial charge in [0, 0.05) is 0 Å². The number of hydrogen-bond donors (Lipinski definition) is 0. The van der Waals surface area contributed by atoms with E-state index in [1.165, 1.54) is 12.8 Å². The molecule has 0 atom stereocenters. The van der Waals surface area contributed by atoms with Crippen LogP contribution in [-0.4, -0.2) is 8.80 Å². The quantitative estimate of drug-likeness (QED) is 0.565. The molecule has 0 aromatic heterocycles. The Bertz CT molecular complexity index is 165. The summed E-state index contributed by atoms with van der Waals surface area (Å²) in [6.07, 6.45) is 7.12. The molecule has 0 saturated heterocycles. The van der Waals surface area contributed by atoms with E-state index in [2.05, 4.69) is 44.3 Å². The van der Waals surface area contributed by atoms with Gasteiger partial charge in [-0.2, -0.15) is 0 Å². The minimum Gasteiger partial charge on any atom is -0.0930 e. The highest BCUT2D eigenvalue weighted by molar-refractivity contribution is 6.73. The van der Waals surface area contributed by atoms with E-state index in [0.717, 1.165) is 0 Å². The van der Waals surface area contributed by atoms with Crippen LogP contribution in [0.2, 0.25) is 5.04 Å². The van der Waals surface area contributed by atoms with Crippen molar-refractivity contribution in [2.45, 2.75) is 38.7 Å². The molecule has 62 valence electrons. The first-order valence-corrected chi connectivity index (χ1v) is 6.43. The van der Waals surface area contributed by atoms with Crippen LogP contribution in [0.1, 0.15) is 33.6 Å². The second kappa shape index (κ2) is 3.40. The Morgan fingerprint density at radius 1 is 1.18 bits per heavy atom. The first-order chi connectivity index (χ1) is 5.17. The van der Waals surface area contributed by atoms with Crippen LogP contribution in [0.25, 0.3) is 0 Å². The Hall–Kier alpha value is -0.303. The second-order valence-corrected chi connectivity index (χ2v) is 7.42. The standard InChI is InChI=1S/C10H18Si/c1-4-7-10(2,3)11-8-5-6-9-11/h5-6,8-9,11H,4,7H2,1-3H3. The molecule has 0 N–H and O–H groups in total. The van der Waals surface area contributed by atoms with Gasteiger partial charge in [0.05, 0.1) is 8.80 Å². The van der Waals surface area contributed by atoms with Crippen LogP contribution >= 0.6 is 0 Å². The fraction of sp³-hybridized carbons (Fsp3) is 0.600. The molecular weight excluding hydrogens is 148 g/mol. The van der Waals surface area contributed by atoms with Crippen LogP contribution in [0.4, 0.5) is 0 Å². The summed E-state index contributed by atoms with van der Waals surface area (Å²) in [5, 5.41) is 0.595. The number of allylic oxidation sites excluding steroid dienone is 2. The maximum absolute atomic E-state index is 2.44. The minimum atomic E-state index is -0.669. The second-order valence-electron chi connectivity index (χ2n) is 4.03. The highest BCUT2D eigenvalue weighted by Crippen LogP contribution is 2.36. The van der Waals surface area contributed by atoms with E-state index in [1.807, 2.05) is 0 Å². The van der Waals surface area contributed by atoms with Crippen molar-refractivity contribution in [3.63, 3.8) is 0 Å². The van der Waals surface area contributed by atoms with Crippen molar-refractivity contribution in [2.75, 3.05) is 0 Å². The molecule has 0 aliphatic carbocycles. The molecule has 0 spiro atoms. The summed E-state index contributed by atoms with van der Waals surface area (Å²) in [7, 11) is -0.669. The summed E-state index contributed by atoms with van der Waals surface area (Å²) < 4.78 is 0. The molecule has 0 aromatic rings. The van der Waals surface area contributed by atoms with E-state index < -0.39 is 8.80 Å². The molecule has 11 heavy (non-hydrogen) atoms. The smallest absolute Gasteiger partial charge is 0.0907 e. The van der Waals surface area contributed by atoms with Gasteiger partial charge >= 0.3 is 0 Å². The van der Waals surface area contributed by atoms with Crippen LogP contribution in [0, 0.1) is 0 Å². The summed E-state index contributed by atoms with van der Waals surface area (Å²) in [4.78, 5) is 0. The summed E-state index contributed by atoms with van der Waals surface area (Å²) in [6, 6.07) is 0. The average Bonchev–Trinajstić information content (AvgIpc) is 2.37. The first kappa shape index (κ1) is 8.79. The molecule has 0 nitrogen and oxygen atoms in total. The Morgan fingerprint density at radius 3 is 2.18 bits per heavy atom. The normalized spacial score (nSPS) is 18.1. The molecule has 1 aliphatic rings. The topological polar surface area (TPSA) is 0 Å². The van der Waals surface area contributed by atoms with Crippen molar-refractivity contribution in [1.82, 2.24) is 0 Å². The van der Waals surface area contributed by atoms with Crippen molar-refractivity contribution < 1.29 is 0 Å². The van der Waals surface area contributed by atoms with E-state index >= 15 is 0 Å². The number of hydrogen-bond acceptors (Lipinski definition) is 0. The molecule has 1 heterocycles. The molecule has 1 rings (SSSR count). The zero-order valence-electron chi connectivity index (χ0n) is 7.80. The van der Waals surface area contributed by atoms with E-state index in [0.29, 0.717) is 5.04 Å². The third-order valence-corrected chi connectivity index (χ3v) is 5.91. The van der Waals surface area contributed by atoms with E-state index in [9.17, 15) is 0 Å². The number of rotatable bonds is 3. The third kappa shape index (κ3) is 2.06. The fourth-order valence-corrected chi connectivity index (χ4v) is 4.29. The SMILES string of the molecule is CCCC(C)(C)[SiH]1C=CC=C1. The van der Waals surface area contributed by atoms with E-state index in [4.69, 9.17) is 0 Å². The largest absolute Gasteiger partial charge is 0.0930 e. The highest BCUT2D eigenvalue weighted by Gasteiger charge is 2.26. The van der Waals surface area contributed by atoms with Crippen LogP contribution < -0.4 is 0 Å². The highest BCUT2D eigenvalue weighted by atomic mass is 28.3. The van der Waals surface area contributed by atoms with Crippen LogP contribution in [0.15, 0.2) is 23.6 Å². The Labute approximate surface area is 71.6 Å². The van der Waals surface area contributed by atoms with Crippen LogP contribution in [0.3, 0.4) is 0 Å². The van der Waals surface area contributed by atoms with Gasteiger partial charge in [-0.05, 0) is 5.04 Å². The van der Waals surface area contributed by atoms with Crippen LogP contribution in [-0.2, 0) is 0 Å². The van der Waals surface area contributed by atoms with Gasteiger partial charge in [0.1, 0.15) is 0 Å². The molecule has 0 saturated carbocycles. The predicted molar refractivity (Wildman–Crippen MR) is 54.4 cm³/mol. The maximum atomic E-state index is 2.44. The lowest BCUT2D eigenvalue weighted by atomic mass is 10.1. The lowest BCUT2D eigenvalue weighted by Gasteiger charge is -2.27. The third-order valence-electron chi connectivity index (χ3n) is 2.54. The van der Waals surface area contributed by atoms with Crippen LogP contribution in [0.5, 0.6) is 0 Å². The molecule has 0 radical (unpaired) electrons. The maximum Gasteiger partial charge on any atom is 0.0907 e. The van der Waals surface area contributed by atoms with Crippen molar-refractivity contribution in [3.05, 3.63) is 23.6 Å². The monoisotopic (exact) mass is 166 g/mol. The molecule has 0 aromatic carbocycles. The molecule has 1 heteroatoms. The Balaban J connectivity index is 2.56. The van der Waals surface area contributed by atoms with Gasteiger partial charge < -0.3 is 0 Å². The zero-order chi connectivity index (χ0) is 8.32. The van der Waals surface area contributed by atoms with Gasteiger partial charge in [-0.15, -0.1) is 0 Å². The summed E-state index contributed by atoms with van der Waals surface area (Å²) in [6.45, 7) is 7.10. The lowest BCUT2D eigenvalue weighted by molar-refractivity contribution is 0.589. The average molecular weight is 166 g/mol. The van der Waals surface area contributed by atoms with Gasteiger partial charge in [0.25, 0.3) is 0 Å². The predicted octanol–water partition coefficient (Wildman–Crippen LogP) is 3.00. The molecule has 1 aliphatic heterocycles. The zero-order valence-corrected chi connectivity index (χ0v) is 8.96. The van der Waals surface area contributed by atoms with Gasteiger partial charge in [0.15, 0.2) is 0 Å². The van der Waals surface area contributed by atoms with Gasteiger partial charge in [-0.3, -0.25) is 0 Å². The summed E-state index contributed by atoms with van der Waals surface area (Å²) in [5.74, 6) is 0. The van der Waals surface area contributed by atoms with Crippen molar-refractivity contribution in [2.24, 2.45) is 0 Å². The van der Waals surface area contributed by atoms with Crippen molar-refractivity contribution in [3.8, 4) is 0 Å². The fourth-order valence-electron chi connectivity index (χ4n) is 1.76. The molecule has 0 amide bonds. The Kier molecular flexibility index (Phi) is 2.71. The first-order valence-electron chi connectivity index (χ1n) is 4.52. The van der Waals surface area contributed by atoms with Gasteiger partial charge in [-0.1, -0.05) is 57.2 Å². The molecular formula is C10H18Si. The van der Waals surface area contributed by atoms with Crippen molar-refractivity contribution in [1.29, 1.82) is 0 Å². The lowest BCUT2D eigenvalue weighted by Crippen LogP contribution is -2.22. The Morgan fingerprint density at radius 2 is 1.73 bits per heavy atom. The van der Waals surface area contributed by atoms with E-state index in [-0.39, 0.29) is 0 Å². The molecule has 0 unspecified atom stereocenters. The van der Waals surface area contributed by atoms with Gasteiger partial charge in [-0.25, -0.2) is 0 Å². The van der Waals surface area contributed by atoms with E-state index in [1.54, 1.807) is 0 Å². The summed E-state index contributed by atoms with van der Waals surface area (Å²) in [5.41, 5.74) is 4.88. The van der Waals surface area contributed by atoms with Crippen molar-refractivity contribution >= 4 is 8.80 Å². The summed E-state index contributed by atoms with van der Waals surface area (Å²) >= 11 is 0.